The van der Waals surface area contributed by atoms with Crippen LogP contribution in [0.15, 0.2) is 17.3 Å². The lowest BCUT2D eigenvalue weighted by molar-refractivity contribution is -0.143. The number of rotatable bonds is 20. The van der Waals surface area contributed by atoms with Crippen molar-refractivity contribution in [3.63, 3.8) is 0 Å². The summed E-state index contributed by atoms with van der Waals surface area (Å²) in [5.74, 6) is 0.534. The second kappa shape index (κ2) is 21.6. The second-order valence-electron chi connectivity index (χ2n) is 20.1. The van der Waals surface area contributed by atoms with Gasteiger partial charge in [-0.2, -0.15) is 0 Å². The minimum atomic E-state index is -0.980. The largest absolute Gasteiger partial charge is 0.510 e. The molecule has 1 aliphatic carbocycles. The Labute approximate surface area is 383 Å². The van der Waals surface area contributed by atoms with Crippen molar-refractivity contribution in [3.8, 4) is 0 Å². The van der Waals surface area contributed by atoms with Gasteiger partial charge in [-0.1, -0.05) is 99.0 Å². The van der Waals surface area contributed by atoms with Crippen LogP contribution in [0.3, 0.4) is 0 Å². The maximum Gasteiger partial charge on any atom is 0.320 e. The average molecular weight is 877 g/mol. The molecule has 1 fully saturated rings. The zero-order valence-corrected chi connectivity index (χ0v) is 41.3. The molecule has 64 heavy (non-hydrogen) atoms. The Hall–Kier alpha value is -4.66. The van der Waals surface area contributed by atoms with Crippen molar-refractivity contribution in [1.29, 1.82) is 0 Å². The summed E-state index contributed by atoms with van der Waals surface area (Å²) in [5, 5.41) is 19.3. The summed E-state index contributed by atoms with van der Waals surface area (Å²) in [6.45, 7) is 24.8. The van der Waals surface area contributed by atoms with Crippen LogP contribution in [0.25, 0.3) is 29.6 Å². The van der Waals surface area contributed by atoms with Crippen LogP contribution in [-0.4, -0.2) is 51.8 Å². The first-order valence-electron chi connectivity index (χ1n) is 24.7. The first kappa shape index (κ1) is 48.8. The van der Waals surface area contributed by atoms with Gasteiger partial charge in [0, 0.05) is 51.0 Å². The molecule has 8 bridgehead atoms. The van der Waals surface area contributed by atoms with Gasteiger partial charge in [-0.3, -0.25) is 9.59 Å². The van der Waals surface area contributed by atoms with E-state index in [1.165, 1.54) is 79.9 Å². The maximum atomic E-state index is 13.7. The van der Waals surface area contributed by atoms with E-state index in [0.717, 1.165) is 93.4 Å². The number of aromatic amines is 3. The van der Waals surface area contributed by atoms with Gasteiger partial charge in [-0.05, 0) is 141 Å². The molecule has 9 heteroatoms. The monoisotopic (exact) mass is 877 g/mol. The quantitative estimate of drug-likeness (QED) is 0.0568. The molecule has 5 heterocycles. The summed E-state index contributed by atoms with van der Waals surface area (Å²) < 4.78 is 11.2. The molecule has 6 rings (SSSR count). The number of aromatic nitrogens is 3. The molecule has 1 saturated heterocycles. The van der Waals surface area contributed by atoms with Crippen molar-refractivity contribution in [2.24, 2.45) is 35.5 Å². The van der Waals surface area contributed by atoms with Crippen LogP contribution >= 0.6 is 0 Å². The highest BCUT2D eigenvalue weighted by Gasteiger charge is 2.47. The summed E-state index contributed by atoms with van der Waals surface area (Å²) >= 11 is 0. The van der Waals surface area contributed by atoms with E-state index in [2.05, 4.69) is 114 Å². The summed E-state index contributed by atoms with van der Waals surface area (Å²) in [4.78, 5) is 38.3. The van der Waals surface area contributed by atoms with Gasteiger partial charge >= 0.3 is 11.9 Å². The van der Waals surface area contributed by atoms with Crippen molar-refractivity contribution in [1.82, 2.24) is 20.3 Å². The number of hydrogen-bond donors (Lipinski definition) is 5. The smallest absolute Gasteiger partial charge is 0.320 e. The third-order valence-electron chi connectivity index (χ3n) is 15.1. The molecule has 2 aliphatic heterocycles. The lowest BCUT2D eigenvalue weighted by Gasteiger charge is -2.26. The van der Waals surface area contributed by atoms with E-state index in [-0.39, 0.29) is 42.6 Å². The summed E-state index contributed by atoms with van der Waals surface area (Å²) in [5.41, 5.74) is 11.8. The zero-order valence-electron chi connectivity index (χ0n) is 41.3. The standard InChI is InChI=1S/C55H80N4O5/c1-13-39-35(8)42-28-44-37(10)41(24-25-48(60)64-27-26-34(7)23-17-22-33(6)21-16-20-32(5)19-15-18-31(3)4)52(58-44)50-51(55(62)63-12)54(61)49-38(11)45(59-53(49)50)30-47-40(14-2)36(9)43(57-47)29-46(39)56-42/h26,28-33,37,41,51-52,56-59,61H,13-25,27H2,1-12H3/b34-26+,43-29-,44-28-,47-30-/t32-,33+,37+,41+,51-,52?/m1/s1. The number of fused-ring (bicyclic) bond motifs is 8. The number of methoxy groups -OCH3 is 1. The van der Waals surface area contributed by atoms with Crippen LogP contribution in [0.4, 0.5) is 0 Å². The molecule has 0 saturated carbocycles. The molecule has 0 spiro atoms. The summed E-state index contributed by atoms with van der Waals surface area (Å²) in [6, 6.07) is -0.375. The number of H-pyrrole nitrogens is 3. The fourth-order valence-corrected chi connectivity index (χ4v) is 10.9. The van der Waals surface area contributed by atoms with E-state index in [0.29, 0.717) is 11.6 Å². The van der Waals surface area contributed by atoms with Crippen LogP contribution in [0, 0.1) is 56.3 Å². The van der Waals surface area contributed by atoms with E-state index in [1.807, 2.05) is 6.92 Å². The number of ether oxygens (including phenoxy) is 2. The van der Waals surface area contributed by atoms with Crippen LogP contribution in [0.1, 0.15) is 171 Å². The molecule has 3 aromatic rings. The van der Waals surface area contributed by atoms with Crippen molar-refractivity contribution in [2.45, 2.75) is 166 Å². The lowest BCUT2D eigenvalue weighted by atomic mass is 9.80. The summed E-state index contributed by atoms with van der Waals surface area (Å²) in [6.07, 6.45) is 22.5. The fourth-order valence-electron chi connectivity index (χ4n) is 10.9. The van der Waals surface area contributed by atoms with Gasteiger partial charge in [-0.15, -0.1) is 0 Å². The molecule has 1 unspecified atom stereocenters. The Kier molecular flexibility index (Phi) is 16.4. The number of carbonyl (C=O) groups excluding carboxylic acids is 2. The van der Waals surface area contributed by atoms with Gasteiger partial charge in [0.05, 0.1) is 18.5 Å². The third kappa shape index (κ3) is 10.7. The van der Waals surface area contributed by atoms with E-state index in [4.69, 9.17) is 9.47 Å². The molecule has 0 aromatic carbocycles. The predicted molar refractivity (Wildman–Crippen MR) is 262 cm³/mol. The zero-order chi connectivity index (χ0) is 46.4. The van der Waals surface area contributed by atoms with Crippen LogP contribution in [0.5, 0.6) is 0 Å². The molecular formula is C55H80N4O5. The van der Waals surface area contributed by atoms with E-state index >= 15 is 0 Å². The molecule has 350 valence electrons. The van der Waals surface area contributed by atoms with Crippen molar-refractivity contribution < 1.29 is 24.2 Å². The molecule has 5 N–H and O–H groups in total. The number of aliphatic hydroxyl groups is 1. The highest BCUT2D eigenvalue weighted by atomic mass is 16.5. The molecule has 6 atom stereocenters. The number of allylic oxidation sites excluding steroid dienone is 2. The van der Waals surface area contributed by atoms with Crippen molar-refractivity contribution >= 4 is 41.5 Å². The fraction of sp³-hybridized carbons (Fsp3) is 0.600. The van der Waals surface area contributed by atoms with Crippen molar-refractivity contribution in [2.75, 3.05) is 13.7 Å². The van der Waals surface area contributed by atoms with Crippen molar-refractivity contribution in [3.05, 3.63) is 83.5 Å². The number of esters is 2. The SMILES string of the molecule is CCc1c2[nH]c(c1C)/C=C1\NC(C3=c4[nH]c(c(C)c4=C(O)[C@@H]3C(=O)OC)/C=c3\[nH]/c(c(C)c3CC)=C\2)[C@@H](CCC(=O)OC/C=C(\C)CCC[C@@H](C)CCC[C@H](C)CCCC(C)C)[C@@H]1C. The first-order chi connectivity index (χ1) is 30.6. The van der Waals surface area contributed by atoms with Gasteiger partial charge in [0.15, 0.2) is 0 Å². The minimum Gasteiger partial charge on any atom is -0.510 e. The Morgan fingerprint density at radius 2 is 1.42 bits per heavy atom. The normalized spacial score (nSPS) is 22.1. The van der Waals surface area contributed by atoms with E-state index < -0.39 is 11.9 Å². The molecule has 9 nitrogen and oxygen atoms in total. The lowest BCUT2D eigenvalue weighted by Crippen LogP contribution is -2.38. The van der Waals surface area contributed by atoms with Crippen LogP contribution < -0.4 is 26.6 Å². The number of aliphatic hydroxyl groups excluding tert-OH is 1. The third-order valence-corrected chi connectivity index (χ3v) is 15.1. The van der Waals surface area contributed by atoms with Crippen LogP contribution in [-0.2, 0) is 31.9 Å². The highest BCUT2D eigenvalue weighted by molar-refractivity contribution is 5.95. The van der Waals surface area contributed by atoms with Gasteiger partial charge in [0.25, 0.3) is 0 Å². The number of nitrogens with one attached hydrogen (secondary N) is 4. The second-order valence-corrected chi connectivity index (χ2v) is 20.1. The summed E-state index contributed by atoms with van der Waals surface area (Å²) in [7, 11) is 1.37. The molecular weight excluding hydrogens is 797 g/mol. The van der Waals surface area contributed by atoms with Gasteiger partial charge in [-0.25, -0.2) is 0 Å². The molecule has 3 aliphatic rings. The van der Waals surface area contributed by atoms with Gasteiger partial charge < -0.3 is 34.8 Å². The molecule has 3 aromatic heterocycles. The molecule has 0 radical (unpaired) electrons. The number of hydrogen-bond acceptors (Lipinski definition) is 6. The topological polar surface area (TPSA) is 132 Å². The first-order valence-corrected chi connectivity index (χ1v) is 24.7. The Morgan fingerprint density at radius 1 is 0.781 bits per heavy atom. The Morgan fingerprint density at radius 3 is 2.08 bits per heavy atom. The Bertz CT molecular complexity index is 2470. The molecule has 0 amide bonds. The van der Waals surface area contributed by atoms with Gasteiger partial charge in [0.2, 0.25) is 0 Å². The average Bonchev–Trinajstić information content (AvgIpc) is 3.99. The maximum absolute atomic E-state index is 13.7. The van der Waals surface area contributed by atoms with Gasteiger partial charge in [0.1, 0.15) is 18.3 Å². The minimum absolute atomic E-state index is 0.00425. The highest BCUT2D eigenvalue weighted by Crippen LogP contribution is 2.42. The van der Waals surface area contributed by atoms with Crippen LogP contribution in [0.2, 0.25) is 0 Å². The van der Waals surface area contributed by atoms with E-state index in [1.54, 1.807) is 0 Å². The Balaban J connectivity index is 1.21. The number of carbonyl (C=O) groups is 2. The van der Waals surface area contributed by atoms with E-state index in [9.17, 15) is 14.7 Å². The predicted octanol–water partition coefficient (Wildman–Crippen LogP) is 9.29.